The first kappa shape index (κ1) is 14.7. The van der Waals surface area contributed by atoms with Crippen LogP contribution in [0.1, 0.15) is 33.8 Å². The first-order chi connectivity index (χ1) is 11.2. The maximum absolute atomic E-state index is 13.0. The molecule has 2 aromatic heterocycles. The molecule has 0 aliphatic heterocycles. The third kappa shape index (κ3) is 2.96. The van der Waals surface area contributed by atoms with Gasteiger partial charge in [-0.05, 0) is 37.3 Å². The van der Waals surface area contributed by atoms with Gasteiger partial charge in [0, 0.05) is 39.6 Å². The van der Waals surface area contributed by atoms with Crippen LogP contribution < -0.4 is 0 Å². The normalized spacial score (nSPS) is 14.7. The van der Waals surface area contributed by atoms with E-state index in [9.17, 15) is 4.79 Å². The molecule has 1 aliphatic rings. The van der Waals surface area contributed by atoms with Gasteiger partial charge >= 0.3 is 0 Å². The van der Waals surface area contributed by atoms with E-state index in [0.29, 0.717) is 12.6 Å². The Morgan fingerprint density at radius 1 is 1.26 bits per heavy atom. The van der Waals surface area contributed by atoms with Gasteiger partial charge in [0.15, 0.2) is 5.78 Å². The molecule has 0 amide bonds. The van der Waals surface area contributed by atoms with Gasteiger partial charge in [0.25, 0.3) is 0 Å². The Morgan fingerprint density at radius 3 is 2.83 bits per heavy atom. The van der Waals surface area contributed by atoms with Crippen LogP contribution in [-0.4, -0.2) is 28.3 Å². The zero-order valence-corrected chi connectivity index (χ0v) is 14.0. The topological polar surface area (TPSA) is 36.1 Å². The SMILES string of the molecule is Cc1[nH]c2ccccc2c1C(=O)CN(Cc1cccs1)C1CC1. The number of carbonyl (C=O) groups excluding carboxylic acids is 1. The number of para-hydroxylation sites is 1. The number of benzene rings is 1. The fourth-order valence-corrected chi connectivity index (χ4v) is 3.99. The molecule has 2 heterocycles. The van der Waals surface area contributed by atoms with E-state index in [0.717, 1.165) is 28.7 Å². The van der Waals surface area contributed by atoms with Crippen molar-refractivity contribution in [2.45, 2.75) is 32.4 Å². The van der Waals surface area contributed by atoms with Crippen molar-refractivity contribution < 1.29 is 4.79 Å². The Balaban J connectivity index is 1.58. The second kappa shape index (κ2) is 5.95. The third-order valence-electron chi connectivity index (χ3n) is 4.52. The lowest BCUT2D eigenvalue weighted by atomic mass is 10.1. The first-order valence-corrected chi connectivity index (χ1v) is 8.97. The van der Waals surface area contributed by atoms with Crippen molar-refractivity contribution in [2.75, 3.05) is 6.54 Å². The van der Waals surface area contributed by atoms with Gasteiger partial charge in [-0.3, -0.25) is 9.69 Å². The predicted octanol–water partition coefficient (Wildman–Crippen LogP) is 4.39. The first-order valence-electron chi connectivity index (χ1n) is 8.09. The number of nitrogens with zero attached hydrogens (tertiary/aromatic N) is 1. The van der Waals surface area contributed by atoms with Gasteiger partial charge in [-0.2, -0.15) is 0 Å². The summed E-state index contributed by atoms with van der Waals surface area (Å²) in [5, 5.41) is 3.15. The third-order valence-corrected chi connectivity index (χ3v) is 5.38. The summed E-state index contributed by atoms with van der Waals surface area (Å²) >= 11 is 1.77. The number of ketones is 1. The summed E-state index contributed by atoms with van der Waals surface area (Å²) in [6.07, 6.45) is 2.43. The standard InChI is InChI=1S/C19H20N2OS/c1-13-19(16-6-2-3-7-17(16)20-13)18(22)12-21(14-8-9-14)11-15-5-4-10-23-15/h2-7,10,14,20H,8-9,11-12H2,1H3. The van der Waals surface area contributed by atoms with Crippen LogP contribution in [-0.2, 0) is 6.54 Å². The summed E-state index contributed by atoms with van der Waals surface area (Å²) in [5.74, 6) is 0.225. The van der Waals surface area contributed by atoms with E-state index in [1.807, 2.05) is 31.2 Å². The van der Waals surface area contributed by atoms with Crippen LogP contribution in [0.3, 0.4) is 0 Å². The molecule has 118 valence electrons. The minimum absolute atomic E-state index is 0.225. The van der Waals surface area contributed by atoms with Crippen LogP contribution in [0.15, 0.2) is 41.8 Å². The molecule has 1 N–H and O–H groups in total. The van der Waals surface area contributed by atoms with Crippen molar-refractivity contribution >= 4 is 28.0 Å². The predicted molar refractivity (Wildman–Crippen MR) is 95.1 cm³/mol. The van der Waals surface area contributed by atoms with E-state index in [1.54, 1.807) is 11.3 Å². The highest BCUT2D eigenvalue weighted by Crippen LogP contribution is 2.30. The van der Waals surface area contributed by atoms with E-state index in [2.05, 4.69) is 27.4 Å². The van der Waals surface area contributed by atoms with E-state index in [-0.39, 0.29) is 5.78 Å². The maximum atomic E-state index is 13.0. The quantitative estimate of drug-likeness (QED) is 0.683. The smallest absolute Gasteiger partial charge is 0.179 e. The van der Waals surface area contributed by atoms with Crippen molar-refractivity contribution in [2.24, 2.45) is 0 Å². The number of H-pyrrole nitrogens is 1. The van der Waals surface area contributed by atoms with Crippen LogP contribution in [0, 0.1) is 6.92 Å². The Morgan fingerprint density at radius 2 is 2.09 bits per heavy atom. The van der Waals surface area contributed by atoms with Gasteiger partial charge in [0.1, 0.15) is 0 Å². The molecule has 0 atom stereocenters. The molecule has 1 saturated carbocycles. The summed E-state index contributed by atoms with van der Waals surface area (Å²) in [6, 6.07) is 12.9. The Hall–Kier alpha value is -1.91. The monoisotopic (exact) mass is 324 g/mol. The zero-order valence-electron chi connectivity index (χ0n) is 13.2. The van der Waals surface area contributed by atoms with Crippen LogP contribution >= 0.6 is 11.3 Å². The summed E-state index contributed by atoms with van der Waals surface area (Å²) < 4.78 is 0. The van der Waals surface area contributed by atoms with Crippen LogP contribution in [0.2, 0.25) is 0 Å². The molecule has 3 aromatic rings. The fourth-order valence-electron chi connectivity index (χ4n) is 3.26. The summed E-state index contributed by atoms with van der Waals surface area (Å²) in [7, 11) is 0. The van der Waals surface area contributed by atoms with Gasteiger partial charge in [0.2, 0.25) is 0 Å². The van der Waals surface area contributed by atoms with E-state index in [1.165, 1.54) is 17.7 Å². The van der Waals surface area contributed by atoms with Crippen LogP contribution in [0.25, 0.3) is 10.9 Å². The number of rotatable bonds is 6. The lowest BCUT2D eigenvalue weighted by molar-refractivity contribution is 0.0921. The van der Waals surface area contributed by atoms with Gasteiger partial charge in [-0.15, -0.1) is 11.3 Å². The number of aromatic nitrogens is 1. The van der Waals surface area contributed by atoms with E-state index in [4.69, 9.17) is 0 Å². The molecule has 1 aliphatic carbocycles. The lowest BCUT2D eigenvalue weighted by Crippen LogP contribution is -2.31. The van der Waals surface area contributed by atoms with Crippen molar-refractivity contribution in [3.63, 3.8) is 0 Å². The summed E-state index contributed by atoms with van der Waals surface area (Å²) in [5.41, 5.74) is 2.88. The molecule has 0 saturated heterocycles. The largest absolute Gasteiger partial charge is 0.358 e. The second-order valence-electron chi connectivity index (χ2n) is 6.31. The average molecular weight is 324 g/mol. The number of Topliss-reactive ketones (excluding diaryl/α,β-unsaturated/α-hetero) is 1. The van der Waals surface area contributed by atoms with Crippen molar-refractivity contribution in [1.82, 2.24) is 9.88 Å². The van der Waals surface area contributed by atoms with Gasteiger partial charge in [-0.1, -0.05) is 24.3 Å². The highest BCUT2D eigenvalue weighted by atomic mass is 32.1. The fraction of sp³-hybridized carbons (Fsp3) is 0.316. The number of nitrogens with one attached hydrogen (secondary N) is 1. The van der Waals surface area contributed by atoms with Gasteiger partial charge in [-0.25, -0.2) is 0 Å². The average Bonchev–Trinajstić information content (AvgIpc) is 3.15. The number of aromatic amines is 1. The molecule has 4 rings (SSSR count). The molecule has 0 spiro atoms. The number of fused-ring (bicyclic) bond motifs is 1. The summed E-state index contributed by atoms with van der Waals surface area (Å²) in [6.45, 7) is 3.38. The molecular formula is C19H20N2OS. The van der Waals surface area contributed by atoms with E-state index >= 15 is 0 Å². The molecule has 3 nitrogen and oxygen atoms in total. The highest BCUT2D eigenvalue weighted by Gasteiger charge is 2.31. The molecule has 1 aromatic carbocycles. The number of hydrogen-bond acceptors (Lipinski definition) is 3. The molecule has 0 bridgehead atoms. The molecule has 23 heavy (non-hydrogen) atoms. The summed E-state index contributed by atoms with van der Waals surface area (Å²) in [4.78, 5) is 20.0. The van der Waals surface area contributed by atoms with Gasteiger partial charge in [0.05, 0.1) is 6.54 Å². The molecule has 4 heteroatoms. The highest BCUT2D eigenvalue weighted by molar-refractivity contribution is 7.09. The number of hydrogen-bond donors (Lipinski definition) is 1. The number of carbonyl (C=O) groups is 1. The van der Waals surface area contributed by atoms with E-state index < -0.39 is 0 Å². The molecule has 0 radical (unpaired) electrons. The Kier molecular flexibility index (Phi) is 3.79. The lowest BCUT2D eigenvalue weighted by Gasteiger charge is -2.20. The minimum atomic E-state index is 0.225. The van der Waals surface area contributed by atoms with Crippen LogP contribution in [0.5, 0.6) is 0 Å². The van der Waals surface area contributed by atoms with Crippen molar-refractivity contribution in [1.29, 1.82) is 0 Å². The number of aryl methyl sites for hydroxylation is 1. The Bertz CT molecular complexity index is 830. The van der Waals surface area contributed by atoms with Gasteiger partial charge < -0.3 is 4.98 Å². The van der Waals surface area contributed by atoms with Crippen molar-refractivity contribution in [3.8, 4) is 0 Å². The maximum Gasteiger partial charge on any atom is 0.179 e. The second-order valence-corrected chi connectivity index (χ2v) is 7.34. The zero-order chi connectivity index (χ0) is 15.8. The van der Waals surface area contributed by atoms with Crippen molar-refractivity contribution in [3.05, 3.63) is 57.9 Å². The molecule has 1 fully saturated rings. The van der Waals surface area contributed by atoms with Crippen LogP contribution in [0.4, 0.5) is 0 Å². The Labute approximate surface area is 139 Å². The molecular weight excluding hydrogens is 304 g/mol. The minimum Gasteiger partial charge on any atom is -0.358 e. The number of thiophene rings is 1. The molecule has 0 unspecified atom stereocenters.